The molecule has 0 atom stereocenters. The Labute approximate surface area is 153 Å². The van der Waals surface area contributed by atoms with Gasteiger partial charge >= 0.3 is 0 Å². The molecule has 0 aliphatic rings. The topological polar surface area (TPSA) is 96.1 Å². The number of sulfonamides is 1. The van der Waals surface area contributed by atoms with Crippen LogP contribution in [0.15, 0.2) is 52.3 Å². The Morgan fingerprint density at radius 2 is 1.62 bits per heavy atom. The molecule has 0 bridgehead atoms. The fourth-order valence-electron chi connectivity index (χ4n) is 2.85. The number of aryl methyl sites for hydroxylation is 2. The lowest BCUT2D eigenvalue weighted by Crippen LogP contribution is -2.25. The molecule has 0 amide bonds. The Balaban J connectivity index is 1.91. The summed E-state index contributed by atoms with van der Waals surface area (Å²) in [4.78, 5) is 2.82. The molecule has 0 saturated carbocycles. The van der Waals surface area contributed by atoms with E-state index in [2.05, 4.69) is 9.71 Å². The molecule has 1 heterocycles. The molecular formula is C18H20N2O4S2. The van der Waals surface area contributed by atoms with Gasteiger partial charge in [0.2, 0.25) is 10.0 Å². The highest BCUT2D eigenvalue weighted by atomic mass is 32.2. The van der Waals surface area contributed by atoms with Crippen LogP contribution in [0.1, 0.15) is 16.8 Å². The van der Waals surface area contributed by atoms with Crippen LogP contribution in [0.4, 0.5) is 0 Å². The highest BCUT2D eigenvalue weighted by molar-refractivity contribution is 7.93. The Kier molecular flexibility index (Phi) is 4.68. The smallest absolute Gasteiger partial charge is 0.242 e. The third-order valence-corrected chi connectivity index (χ3v) is 7.12. The maximum atomic E-state index is 12.6. The lowest BCUT2D eigenvalue weighted by atomic mass is 10.1. The van der Waals surface area contributed by atoms with Gasteiger partial charge in [0.05, 0.1) is 4.90 Å². The van der Waals surface area contributed by atoms with E-state index in [1.165, 1.54) is 24.3 Å². The van der Waals surface area contributed by atoms with E-state index in [1.807, 2.05) is 32.0 Å². The van der Waals surface area contributed by atoms with Gasteiger partial charge in [0.25, 0.3) is 0 Å². The summed E-state index contributed by atoms with van der Waals surface area (Å²) in [6.07, 6.45) is 0.992. The van der Waals surface area contributed by atoms with Crippen molar-refractivity contribution in [2.75, 3.05) is 6.26 Å². The number of benzene rings is 2. The Morgan fingerprint density at radius 3 is 2.27 bits per heavy atom. The molecule has 0 spiro atoms. The minimum Gasteiger partial charge on any atom is -0.358 e. The number of sulfone groups is 1. The summed E-state index contributed by atoms with van der Waals surface area (Å²) in [6, 6.07) is 11.3. The summed E-state index contributed by atoms with van der Waals surface area (Å²) in [5.41, 5.74) is 3.97. The molecule has 2 N–H and O–H groups in total. The van der Waals surface area contributed by atoms with Gasteiger partial charge in [0.15, 0.2) is 9.84 Å². The largest absolute Gasteiger partial charge is 0.358 e. The molecular weight excluding hydrogens is 372 g/mol. The van der Waals surface area contributed by atoms with E-state index in [9.17, 15) is 16.8 Å². The van der Waals surface area contributed by atoms with Crippen LogP contribution in [-0.2, 0) is 26.4 Å². The molecule has 3 rings (SSSR count). The van der Waals surface area contributed by atoms with Crippen LogP contribution in [-0.4, -0.2) is 28.1 Å². The van der Waals surface area contributed by atoms with E-state index in [0.717, 1.165) is 34.0 Å². The van der Waals surface area contributed by atoms with E-state index >= 15 is 0 Å². The molecule has 26 heavy (non-hydrogen) atoms. The predicted molar refractivity (Wildman–Crippen MR) is 101 cm³/mol. The summed E-state index contributed by atoms with van der Waals surface area (Å²) in [7, 11) is -7.62. The zero-order chi connectivity index (χ0) is 19.1. The molecule has 0 aliphatic heterocycles. The second-order valence-corrected chi connectivity index (χ2v) is 10.0. The van der Waals surface area contributed by atoms with Crippen LogP contribution in [0.5, 0.6) is 0 Å². The van der Waals surface area contributed by atoms with Crippen molar-refractivity contribution >= 4 is 30.8 Å². The molecule has 0 fully saturated rings. The molecule has 0 unspecified atom stereocenters. The Morgan fingerprint density at radius 1 is 0.962 bits per heavy atom. The van der Waals surface area contributed by atoms with Crippen molar-refractivity contribution < 1.29 is 16.8 Å². The lowest BCUT2D eigenvalue weighted by Gasteiger charge is -2.10. The maximum absolute atomic E-state index is 12.6. The minimum absolute atomic E-state index is 0.0695. The van der Waals surface area contributed by atoms with Gasteiger partial charge in [-0.05, 0) is 49.2 Å². The van der Waals surface area contributed by atoms with E-state index in [4.69, 9.17) is 0 Å². The quantitative estimate of drug-likeness (QED) is 0.698. The zero-order valence-electron chi connectivity index (χ0n) is 14.7. The third-order valence-electron chi connectivity index (χ3n) is 4.38. The van der Waals surface area contributed by atoms with Crippen molar-refractivity contribution in [1.82, 2.24) is 9.71 Å². The van der Waals surface area contributed by atoms with Gasteiger partial charge < -0.3 is 4.98 Å². The van der Waals surface area contributed by atoms with Gasteiger partial charge in [-0.2, -0.15) is 0 Å². The lowest BCUT2D eigenvalue weighted by molar-refractivity contribution is 0.574. The summed E-state index contributed by atoms with van der Waals surface area (Å²) in [5, 5.41) is 1.04. The number of aromatic nitrogens is 1. The van der Waals surface area contributed by atoms with E-state index < -0.39 is 19.9 Å². The molecule has 0 radical (unpaired) electrons. The molecule has 3 aromatic rings. The van der Waals surface area contributed by atoms with Gasteiger partial charge in [-0.3, -0.25) is 0 Å². The summed E-state index contributed by atoms with van der Waals surface area (Å²) in [6.45, 7) is 4.06. The number of aromatic amines is 1. The number of hydrogen-bond donors (Lipinski definition) is 2. The molecule has 2 aromatic carbocycles. The number of fused-ring (bicyclic) bond motifs is 1. The number of rotatable bonds is 5. The number of nitrogens with one attached hydrogen (secondary N) is 2. The fraction of sp³-hybridized carbons (Fsp3) is 0.222. The average Bonchev–Trinajstić information content (AvgIpc) is 2.87. The van der Waals surface area contributed by atoms with Crippen molar-refractivity contribution in [2.24, 2.45) is 0 Å². The van der Waals surface area contributed by atoms with Gasteiger partial charge in [0.1, 0.15) is 4.90 Å². The first kappa shape index (κ1) is 18.6. The van der Waals surface area contributed by atoms with Crippen LogP contribution in [0.2, 0.25) is 0 Å². The molecule has 8 heteroatoms. The minimum atomic E-state index is -3.97. The molecule has 138 valence electrons. The van der Waals surface area contributed by atoms with Gasteiger partial charge in [0, 0.05) is 29.4 Å². The highest BCUT2D eigenvalue weighted by Gasteiger charge is 2.23. The average molecular weight is 393 g/mol. The first-order valence-corrected chi connectivity index (χ1v) is 11.3. The van der Waals surface area contributed by atoms with Crippen LogP contribution in [0.3, 0.4) is 0 Å². The van der Waals surface area contributed by atoms with Gasteiger partial charge in [-0.1, -0.05) is 18.2 Å². The number of hydrogen-bond acceptors (Lipinski definition) is 4. The van der Waals surface area contributed by atoms with Crippen LogP contribution < -0.4 is 4.72 Å². The Hall–Kier alpha value is -2.16. The van der Waals surface area contributed by atoms with E-state index in [1.54, 1.807) is 0 Å². The van der Waals surface area contributed by atoms with Crippen LogP contribution >= 0.6 is 0 Å². The Bertz CT molecular complexity index is 1190. The maximum Gasteiger partial charge on any atom is 0.242 e. The van der Waals surface area contributed by atoms with Crippen LogP contribution in [0, 0.1) is 13.8 Å². The first-order chi connectivity index (χ1) is 12.1. The zero-order valence-corrected chi connectivity index (χ0v) is 16.3. The highest BCUT2D eigenvalue weighted by Crippen LogP contribution is 2.23. The second kappa shape index (κ2) is 6.53. The molecule has 0 aliphatic carbocycles. The second-order valence-electron chi connectivity index (χ2n) is 6.30. The number of H-pyrrole nitrogens is 1. The van der Waals surface area contributed by atoms with E-state index in [-0.39, 0.29) is 16.3 Å². The van der Waals surface area contributed by atoms with Crippen molar-refractivity contribution in [2.45, 2.75) is 30.2 Å². The fourth-order valence-corrected chi connectivity index (χ4v) is 5.50. The van der Waals surface area contributed by atoms with Crippen LogP contribution in [0.25, 0.3) is 10.9 Å². The normalized spacial score (nSPS) is 12.6. The third kappa shape index (κ3) is 3.53. The van der Waals surface area contributed by atoms with Gasteiger partial charge in [-0.25, -0.2) is 21.6 Å². The molecule has 1 aromatic heterocycles. The monoisotopic (exact) mass is 392 g/mol. The van der Waals surface area contributed by atoms with Crippen molar-refractivity contribution in [1.29, 1.82) is 0 Å². The standard InChI is InChI=1S/C18H20N2O4S2/c1-12-13(2)20-16-9-8-14(10-15(12)16)11-19-26(23,24)18-7-5-4-6-17(18)25(3,21)22/h4-10,19-20H,11H2,1-3H3. The summed E-state index contributed by atoms with van der Waals surface area (Å²) >= 11 is 0. The molecule has 6 nitrogen and oxygen atoms in total. The SMILES string of the molecule is Cc1[nH]c2ccc(CNS(=O)(=O)c3ccccc3S(C)(=O)=O)cc2c1C. The summed E-state index contributed by atoms with van der Waals surface area (Å²) < 4.78 is 51.5. The predicted octanol–water partition coefficient (Wildman–Crippen LogP) is 2.67. The van der Waals surface area contributed by atoms with Crippen molar-refractivity contribution in [3.8, 4) is 0 Å². The van der Waals surface area contributed by atoms with E-state index in [0.29, 0.717) is 0 Å². The van der Waals surface area contributed by atoms with Crippen molar-refractivity contribution in [3.05, 3.63) is 59.3 Å². The van der Waals surface area contributed by atoms with Crippen molar-refractivity contribution in [3.63, 3.8) is 0 Å². The van der Waals surface area contributed by atoms with Gasteiger partial charge in [-0.15, -0.1) is 0 Å². The summed E-state index contributed by atoms with van der Waals surface area (Å²) in [5.74, 6) is 0. The molecule has 0 saturated heterocycles. The first-order valence-electron chi connectivity index (χ1n) is 7.96.